The molecule has 0 heterocycles. The summed E-state index contributed by atoms with van der Waals surface area (Å²) in [7, 11) is 3.35. The molecule has 18 heavy (non-hydrogen) atoms. The molecule has 0 fully saturated rings. The van der Waals surface area contributed by atoms with Gasteiger partial charge in [-0.2, -0.15) is 0 Å². The summed E-state index contributed by atoms with van der Waals surface area (Å²) in [6.45, 7) is 7.72. The fourth-order valence-corrected chi connectivity index (χ4v) is 1.17. The molecule has 0 aromatic heterocycles. The second-order valence-electron chi connectivity index (χ2n) is 5.40. The number of hydrogen-bond acceptors (Lipinski definition) is 3. The summed E-state index contributed by atoms with van der Waals surface area (Å²) in [5.41, 5.74) is 0.0277. The number of amides is 3. The lowest BCUT2D eigenvalue weighted by molar-refractivity contribution is -0.121. The van der Waals surface area contributed by atoms with Gasteiger partial charge in [-0.1, -0.05) is 0 Å². The highest BCUT2D eigenvalue weighted by molar-refractivity contribution is 5.76. The average Bonchev–Trinajstić information content (AvgIpc) is 2.22. The number of urea groups is 1. The minimum atomic E-state index is -0.154. The number of nitrogens with one attached hydrogen (secondary N) is 3. The molecular weight excluding hydrogens is 232 g/mol. The Morgan fingerprint density at radius 2 is 1.56 bits per heavy atom. The lowest BCUT2D eigenvalue weighted by Gasteiger charge is -2.20. The second kappa shape index (κ2) is 7.92. The van der Waals surface area contributed by atoms with Crippen LogP contribution in [0, 0.1) is 0 Å². The van der Waals surface area contributed by atoms with Crippen molar-refractivity contribution < 1.29 is 9.59 Å². The topological polar surface area (TPSA) is 73.5 Å². The van der Waals surface area contributed by atoms with Gasteiger partial charge in [0, 0.05) is 45.7 Å². The van der Waals surface area contributed by atoms with Gasteiger partial charge >= 0.3 is 6.03 Å². The molecule has 0 unspecified atom stereocenters. The average molecular weight is 258 g/mol. The summed E-state index contributed by atoms with van der Waals surface area (Å²) < 4.78 is 0. The summed E-state index contributed by atoms with van der Waals surface area (Å²) >= 11 is 0. The smallest absolute Gasteiger partial charge is 0.316 e. The molecule has 106 valence electrons. The van der Waals surface area contributed by atoms with Gasteiger partial charge in [0.1, 0.15) is 0 Å². The number of nitrogens with zero attached hydrogens (tertiary/aromatic N) is 1. The van der Waals surface area contributed by atoms with Crippen LogP contribution in [0.4, 0.5) is 4.79 Å². The fourth-order valence-electron chi connectivity index (χ4n) is 1.17. The van der Waals surface area contributed by atoms with Gasteiger partial charge in [0.2, 0.25) is 5.91 Å². The van der Waals surface area contributed by atoms with Gasteiger partial charge in [-0.05, 0) is 20.8 Å². The first-order valence-electron chi connectivity index (χ1n) is 6.19. The second-order valence-corrected chi connectivity index (χ2v) is 5.40. The third-order valence-corrected chi connectivity index (χ3v) is 2.14. The van der Waals surface area contributed by atoms with Gasteiger partial charge in [0.25, 0.3) is 0 Å². The van der Waals surface area contributed by atoms with Gasteiger partial charge in [-0.25, -0.2) is 4.79 Å². The van der Waals surface area contributed by atoms with Crippen LogP contribution in [0.25, 0.3) is 0 Å². The molecule has 0 aromatic carbocycles. The van der Waals surface area contributed by atoms with Crippen LogP contribution in [0.15, 0.2) is 0 Å². The molecule has 6 nitrogen and oxygen atoms in total. The van der Waals surface area contributed by atoms with Crippen LogP contribution in [-0.2, 0) is 4.79 Å². The van der Waals surface area contributed by atoms with Crippen LogP contribution >= 0.6 is 0 Å². The largest absolute Gasteiger partial charge is 0.354 e. The maximum Gasteiger partial charge on any atom is 0.316 e. The van der Waals surface area contributed by atoms with E-state index < -0.39 is 0 Å². The van der Waals surface area contributed by atoms with Crippen molar-refractivity contribution in [2.45, 2.75) is 32.7 Å². The lowest BCUT2D eigenvalue weighted by Crippen LogP contribution is -2.41. The monoisotopic (exact) mass is 258 g/mol. The van der Waals surface area contributed by atoms with E-state index in [9.17, 15) is 9.59 Å². The number of carbonyl (C=O) groups is 2. The molecule has 0 saturated carbocycles. The zero-order chi connectivity index (χ0) is 14.2. The Bertz CT molecular complexity index is 272. The Hall–Kier alpha value is -1.30. The highest BCUT2D eigenvalue weighted by Gasteiger charge is 2.09. The van der Waals surface area contributed by atoms with Crippen LogP contribution in [0.1, 0.15) is 27.2 Å². The van der Waals surface area contributed by atoms with Gasteiger partial charge in [-0.3, -0.25) is 4.79 Å². The van der Waals surface area contributed by atoms with Crippen molar-refractivity contribution in [1.29, 1.82) is 0 Å². The van der Waals surface area contributed by atoms with E-state index in [1.165, 1.54) is 4.90 Å². The Labute approximate surface area is 109 Å². The van der Waals surface area contributed by atoms with Crippen molar-refractivity contribution in [1.82, 2.24) is 20.9 Å². The highest BCUT2D eigenvalue weighted by atomic mass is 16.2. The maximum absolute atomic E-state index is 11.4. The van der Waals surface area contributed by atoms with Crippen LogP contribution in [0.2, 0.25) is 0 Å². The zero-order valence-corrected chi connectivity index (χ0v) is 12.1. The molecule has 0 rings (SSSR count). The molecule has 0 saturated heterocycles. The fraction of sp³-hybridized carbons (Fsp3) is 0.833. The highest BCUT2D eigenvalue weighted by Crippen LogP contribution is 1.97. The first-order chi connectivity index (χ1) is 8.22. The third kappa shape index (κ3) is 9.89. The number of carbonyl (C=O) groups excluding carboxylic acids is 2. The Balaban J connectivity index is 3.52. The van der Waals surface area contributed by atoms with E-state index in [4.69, 9.17) is 0 Å². The molecule has 0 radical (unpaired) electrons. The third-order valence-electron chi connectivity index (χ3n) is 2.14. The van der Waals surface area contributed by atoms with E-state index in [1.807, 2.05) is 0 Å². The molecule has 0 aromatic rings. The van der Waals surface area contributed by atoms with Gasteiger partial charge in [0.15, 0.2) is 0 Å². The van der Waals surface area contributed by atoms with Crippen LogP contribution in [-0.4, -0.2) is 56.1 Å². The van der Waals surface area contributed by atoms with Crippen LogP contribution in [0.5, 0.6) is 0 Å². The van der Waals surface area contributed by atoms with Crippen molar-refractivity contribution >= 4 is 11.9 Å². The number of hydrogen-bond donors (Lipinski definition) is 3. The molecule has 6 heteroatoms. The summed E-state index contributed by atoms with van der Waals surface area (Å²) in [6.07, 6.45) is 0.443. The van der Waals surface area contributed by atoms with Gasteiger partial charge < -0.3 is 20.9 Å². The van der Waals surface area contributed by atoms with Crippen LogP contribution in [0.3, 0.4) is 0 Å². The standard InChI is InChI=1S/C12H26N4O2/c1-12(2,3)15-7-6-10(17)13-8-9-14-11(18)16(4)5/h15H,6-9H2,1-5H3,(H,13,17)(H,14,18). The Morgan fingerprint density at radius 3 is 2.06 bits per heavy atom. The van der Waals surface area contributed by atoms with Gasteiger partial charge in [0.05, 0.1) is 0 Å². The van der Waals surface area contributed by atoms with Crippen molar-refractivity contribution in [3.05, 3.63) is 0 Å². The molecule has 0 atom stereocenters. The SMILES string of the molecule is CN(C)C(=O)NCCNC(=O)CCNC(C)(C)C. The minimum Gasteiger partial charge on any atom is -0.354 e. The van der Waals surface area contributed by atoms with Gasteiger partial charge in [-0.15, -0.1) is 0 Å². The summed E-state index contributed by atoms with van der Waals surface area (Å²) in [5, 5.41) is 8.66. The van der Waals surface area contributed by atoms with Crippen molar-refractivity contribution in [2.24, 2.45) is 0 Å². The Kier molecular flexibility index (Phi) is 7.35. The van der Waals surface area contributed by atoms with E-state index in [0.717, 1.165) is 0 Å². The van der Waals surface area contributed by atoms with E-state index >= 15 is 0 Å². The molecule has 3 N–H and O–H groups in total. The van der Waals surface area contributed by atoms with E-state index in [1.54, 1.807) is 14.1 Å². The van der Waals surface area contributed by atoms with Crippen molar-refractivity contribution in [3.8, 4) is 0 Å². The quantitative estimate of drug-likeness (QED) is 0.594. The van der Waals surface area contributed by atoms with E-state index in [-0.39, 0.29) is 17.5 Å². The molecule has 0 aliphatic carbocycles. The van der Waals surface area contributed by atoms with E-state index in [0.29, 0.717) is 26.1 Å². The summed E-state index contributed by atoms with van der Waals surface area (Å²) in [6, 6.07) is -0.154. The first-order valence-corrected chi connectivity index (χ1v) is 6.19. The molecule has 0 bridgehead atoms. The predicted molar refractivity (Wildman–Crippen MR) is 72.5 cm³/mol. The first kappa shape index (κ1) is 16.7. The lowest BCUT2D eigenvalue weighted by atomic mass is 10.1. The summed E-state index contributed by atoms with van der Waals surface area (Å²) in [4.78, 5) is 24.0. The molecule has 0 aliphatic heterocycles. The number of rotatable bonds is 6. The molecule has 3 amide bonds. The molecule has 0 spiro atoms. The molecular formula is C12H26N4O2. The summed E-state index contributed by atoms with van der Waals surface area (Å²) in [5.74, 6) is -0.00847. The minimum absolute atomic E-state index is 0.00847. The van der Waals surface area contributed by atoms with Crippen molar-refractivity contribution in [2.75, 3.05) is 33.7 Å². The molecule has 0 aliphatic rings. The normalized spacial score (nSPS) is 10.9. The Morgan fingerprint density at radius 1 is 1.00 bits per heavy atom. The van der Waals surface area contributed by atoms with Crippen LogP contribution < -0.4 is 16.0 Å². The predicted octanol–water partition coefficient (Wildman–Crippen LogP) is 0.152. The zero-order valence-electron chi connectivity index (χ0n) is 12.1. The van der Waals surface area contributed by atoms with E-state index in [2.05, 4.69) is 36.7 Å². The van der Waals surface area contributed by atoms with Crippen molar-refractivity contribution in [3.63, 3.8) is 0 Å². The maximum atomic E-state index is 11.4.